The molecule has 3 N–H and O–H groups in total. The molecule has 0 aliphatic heterocycles. The van der Waals surface area contributed by atoms with E-state index in [1.54, 1.807) is 12.4 Å². The van der Waals surface area contributed by atoms with Crippen molar-refractivity contribution < 1.29 is 14.7 Å². The molecular weight excluding hydrogens is 392 g/mol. The normalized spacial score (nSPS) is 15.2. The first-order chi connectivity index (χ1) is 15.0. The van der Waals surface area contributed by atoms with Gasteiger partial charge in [0.25, 0.3) is 0 Å². The summed E-state index contributed by atoms with van der Waals surface area (Å²) in [4.78, 5) is 26.2. The summed E-state index contributed by atoms with van der Waals surface area (Å²) in [6, 6.07) is 4.00. The number of rotatable bonds is 10. The number of carbonyl (C=O) groups is 2. The molecule has 7 heteroatoms. The lowest BCUT2D eigenvalue weighted by Crippen LogP contribution is -2.21. The Bertz CT molecular complexity index is 1020. The molecule has 2 heterocycles. The number of aliphatic hydroxyl groups is 1. The first-order valence-corrected chi connectivity index (χ1v) is 10.5. The van der Waals surface area contributed by atoms with E-state index >= 15 is 0 Å². The van der Waals surface area contributed by atoms with Crippen LogP contribution in [0.5, 0.6) is 0 Å². The van der Waals surface area contributed by atoms with E-state index in [4.69, 9.17) is 0 Å². The topological polar surface area (TPSA) is 96.3 Å². The van der Waals surface area contributed by atoms with Crippen molar-refractivity contribution in [3.8, 4) is 11.4 Å². The van der Waals surface area contributed by atoms with Crippen LogP contribution in [-0.4, -0.2) is 34.0 Å². The molecule has 2 aromatic rings. The third-order valence-corrected chi connectivity index (χ3v) is 5.60. The average Bonchev–Trinajstić information content (AvgIpc) is 3.22. The Hall–Kier alpha value is -3.19. The maximum atomic E-state index is 10.8. The first-order valence-electron chi connectivity index (χ1n) is 10.5. The van der Waals surface area contributed by atoms with Crippen LogP contribution in [0.4, 0.5) is 0 Å². The average molecular weight is 423 g/mol. The van der Waals surface area contributed by atoms with E-state index in [2.05, 4.69) is 40.1 Å². The molecule has 3 rings (SSSR count). The summed E-state index contributed by atoms with van der Waals surface area (Å²) in [5.41, 5.74) is 6.66. The molecule has 164 valence electrons. The molecular formula is C24H30N4O3. The number of aromatic nitrogens is 2. The van der Waals surface area contributed by atoms with Crippen molar-refractivity contribution in [3.05, 3.63) is 59.1 Å². The number of nitrogens with one attached hydrogen (secondary N) is 2. The standard InChI is InChI=1S/C24H30N4O3/c1-4-5-17(13-26-16-31)19-6-7-27-23(20(19)14-29)21-10-18-11-24(2,3)12-22(18)28(21)9-8-25-15-30/h4-7,10,13,15-16,29H,8-9,11-12,14H2,1-3H3,(H,25,30)(H,26,31)/b5-4-,17-13+. The van der Waals surface area contributed by atoms with Crippen LogP contribution in [-0.2, 0) is 35.6 Å². The molecule has 0 saturated carbocycles. The summed E-state index contributed by atoms with van der Waals surface area (Å²) in [7, 11) is 0. The van der Waals surface area contributed by atoms with Gasteiger partial charge in [-0.05, 0) is 54.0 Å². The Labute approximate surface area is 182 Å². The Kier molecular flexibility index (Phi) is 7.07. The molecule has 0 atom stereocenters. The summed E-state index contributed by atoms with van der Waals surface area (Å²) >= 11 is 0. The van der Waals surface area contributed by atoms with Crippen molar-refractivity contribution in [1.29, 1.82) is 0 Å². The summed E-state index contributed by atoms with van der Waals surface area (Å²) in [5.74, 6) is 0. The van der Waals surface area contributed by atoms with E-state index in [1.807, 2.05) is 25.1 Å². The second-order valence-corrected chi connectivity index (χ2v) is 8.47. The van der Waals surface area contributed by atoms with E-state index in [-0.39, 0.29) is 12.0 Å². The van der Waals surface area contributed by atoms with Crippen molar-refractivity contribution in [2.24, 2.45) is 5.41 Å². The van der Waals surface area contributed by atoms with Gasteiger partial charge in [-0.25, -0.2) is 0 Å². The number of hydrogen-bond acceptors (Lipinski definition) is 4. The molecule has 0 unspecified atom stereocenters. The van der Waals surface area contributed by atoms with Crippen molar-refractivity contribution in [1.82, 2.24) is 20.2 Å². The zero-order valence-corrected chi connectivity index (χ0v) is 18.3. The Balaban J connectivity index is 2.15. The first kappa shape index (κ1) is 22.5. The van der Waals surface area contributed by atoms with Crippen LogP contribution in [0.15, 0.2) is 36.7 Å². The highest BCUT2D eigenvalue weighted by Gasteiger charge is 2.33. The highest BCUT2D eigenvalue weighted by molar-refractivity contribution is 5.80. The molecule has 31 heavy (non-hydrogen) atoms. The maximum Gasteiger partial charge on any atom is 0.211 e. The van der Waals surface area contributed by atoms with Crippen molar-refractivity contribution in [2.75, 3.05) is 6.54 Å². The van der Waals surface area contributed by atoms with Gasteiger partial charge in [0.1, 0.15) is 0 Å². The number of allylic oxidation sites excluding steroid dienone is 3. The van der Waals surface area contributed by atoms with Gasteiger partial charge < -0.3 is 20.3 Å². The number of pyridine rings is 1. The predicted octanol–water partition coefficient (Wildman–Crippen LogP) is 2.58. The number of fused-ring (bicyclic) bond motifs is 1. The van der Waals surface area contributed by atoms with E-state index in [0.29, 0.717) is 37.2 Å². The second kappa shape index (κ2) is 9.75. The number of hydrogen-bond donors (Lipinski definition) is 3. The lowest BCUT2D eigenvalue weighted by molar-refractivity contribution is -0.110. The fraction of sp³-hybridized carbons (Fsp3) is 0.375. The Morgan fingerprint density at radius 1 is 1.29 bits per heavy atom. The van der Waals surface area contributed by atoms with Gasteiger partial charge in [-0.3, -0.25) is 14.6 Å². The molecule has 1 aliphatic rings. The molecule has 0 aromatic carbocycles. The lowest BCUT2D eigenvalue weighted by atomic mass is 9.90. The minimum atomic E-state index is -0.192. The SMILES string of the molecule is C/C=C\C(=C/NC=O)c1ccnc(-c2cc3c(n2CCNC=O)CC(C)(C)C3)c1CO. The Morgan fingerprint density at radius 3 is 2.77 bits per heavy atom. The fourth-order valence-electron chi connectivity index (χ4n) is 4.39. The molecule has 2 aromatic heterocycles. The number of carbonyl (C=O) groups excluding carboxylic acids is 2. The molecule has 0 spiro atoms. The second-order valence-electron chi connectivity index (χ2n) is 8.47. The summed E-state index contributed by atoms with van der Waals surface area (Å²) in [6.07, 6.45) is 10.3. The molecule has 0 radical (unpaired) electrons. The zero-order chi connectivity index (χ0) is 22.4. The van der Waals surface area contributed by atoms with Crippen LogP contribution in [0.25, 0.3) is 17.0 Å². The van der Waals surface area contributed by atoms with E-state index < -0.39 is 0 Å². The maximum absolute atomic E-state index is 10.8. The van der Waals surface area contributed by atoms with Crippen LogP contribution in [0, 0.1) is 5.41 Å². The molecule has 2 amide bonds. The summed E-state index contributed by atoms with van der Waals surface area (Å²) in [6.45, 7) is 7.36. The molecule has 0 fully saturated rings. The molecule has 0 bridgehead atoms. The van der Waals surface area contributed by atoms with Gasteiger partial charge in [-0.1, -0.05) is 26.0 Å². The van der Waals surface area contributed by atoms with Gasteiger partial charge in [0.05, 0.1) is 18.0 Å². The minimum Gasteiger partial charge on any atom is -0.392 e. The molecule has 7 nitrogen and oxygen atoms in total. The van der Waals surface area contributed by atoms with E-state index in [9.17, 15) is 14.7 Å². The fourth-order valence-corrected chi connectivity index (χ4v) is 4.39. The minimum absolute atomic E-state index is 0.192. The van der Waals surface area contributed by atoms with Crippen LogP contribution in [0.2, 0.25) is 0 Å². The number of aliphatic hydroxyl groups excluding tert-OH is 1. The van der Waals surface area contributed by atoms with Gasteiger partial charge in [-0.15, -0.1) is 0 Å². The number of nitrogens with zero attached hydrogens (tertiary/aromatic N) is 2. The lowest BCUT2D eigenvalue weighted by Gasteiger charge is -2.20. The van der Waals surface area contributed by atoms with E-state index in [0.717, 1.165) is 29.7 Å². The van der Waals surface area contributed by atoms with Crippen molar-refractivity contribution >= 4 is 18.4 Å². The van der Waals surface area contributed by atoms with Gasteiger partial charge in [0.15, 0.2) is 0 Å². The van der Waals surface area contributed by atoms with Gasteiger partial charge in [0, 0.05) is 36.7 Å². The summed E-state index contributed by atoms with van der Waals surface area (Å²) < 4.78 is 2.22. The molecule has 0 saturated heterocycles. The third kappa shape index (κ3) is 4.77. The highest BCUT2D eigenvalue weighted by atomic mass is 16.3. The smallest absolute Gasteiger partial charge is 0.211 e. The van der Waals surface area contributed by atoms with E-state index in [1.165, 1.54) is 11.3 Å². The van der Waals surface area contributed by atoms with Gasteiger partial charge in [0.2, 0.25) is 12.8 Å². The predicted molar refractivity (Wildman–Crippen MR) is 121 cm³/mol. The zero-order valence-electron chi connectivity index (χ0n) is 18.3. The van der Waals surface area contributed by atoms with Crippen LogP contribution in [0.1, 0.15) is 43.2 Å². The molecule has 1 aliphatic carbocycles. The Morgan fingerprint density at radius 2 is 2.10 bits per heavy atom. The number of amides is 2. The largest absolute Gasteiger partial charge is 0.392 e. The summed E-state index contributed by atoms with van der Waals surface area (Å²) in [5, 5.41) is 15.6. The van der Waals surface area contributed by atoms with Crippen LogP contribution in [0.3, 0.4) is 0 Å². The highest BCUT2D eigenvalue weighted by Crippen LogP contribution is 2.41. The van der Waals surface area contributed by atoms with Crippen molar-refractivity contribution in [2.45, 2.75) is 46.8 Å². The van der Waals surface area contributed by atoms with Gasteiger partial charge in [-0.2, -0.15) is 0 Å². The van der Waals surface area contributed by atoms with Crippen LogP contribution < -0.4 is 10.6 Å². The van der Waals surface area contributed by atoms with Crippen molar-refractivity contribution in [3.63, 3.8) is 0 Å². The quantitative estimate of drug-likeness (QED) is 0.311. The third-order valence-electron chi connectivity index (χ3n) is 5.60. The monoisotopic (exact) mass is 422 g/mol. The van der Waals surface area contributed by atoms with Gasteiger partial charge >= 0.3 is 0 Å². The van der Waals surface area contributed by atoms with Crippen LogP contribution >= 0.6 is 0 Å².